The van der Waals surface area contributed by atoms with Crippen molar-refractivity contribution in [3.63, 3.8) is 0 Å². The molecule has 3 N–H and O–H groups in total. The quantitative estimate of drug-likeness (QED) is 0.811. The number of carbonyl (C=O) groups is 1. The number of halogens is 1. The minimum atomic E-state index is -0.217. The molecule has 1 aromatic heterocycles. The highest BCUT2D eigenvalue weighted by molar-refractivity contribution is 6.32. The van der Waals surface area contributed by atoms with Crippen molar-refractivity contribution in [1.29, 1.82) is 0 Å². The summed E-state index contributed by atoms with van der Waals surface area (Å²) in [6, 6.07) is 1.80. The van der Waals surface area contributed by atoms with E-state index in [2.05, 4.69) is 10.3 Å². The van der Waals surface area contributed by atoms with Crippen molar-refractivity contribution in [1.82, 2.24) is 4.98 Å². The summed E-state index contributed by atoms with van der Waals surface area (Å²) in [6.07, 6.45) is 1.61. The second kappa shape index (κ2) is 5.98. The third-order valence-corrected chi connectivity index (χ3v) is 3.04. The molecule has 1 heterocycles. The summed E-state index contributed by atoms with van der Waals surface area (Å²) < 4.78 is 0. The van der Waals surface area contributed by atoms with Gasteiger partial charge in [0.15, 0.2) is 5.15 Å². The Hall–Kier alpha value is -1.13. The van der Waals surface area contributed by atoms with Crippen LogP contribution in [0.4, 0.5) is 5.69 Å². The molecule has 1 aromatic rings. The molecule has 4 nitrogen and oxygen atoms in total. The van der Waals surface area contributed by atoms with Crippen LogP contribution in [-0.2, 0) is 4.79 Å². The average Bonchev–Trinajstić information content (AvgIpc) is 2.24. The fourth-order valence-electron chi connectivity index (χ4n) is 1.57. The number of nitrogens with two attached hydrogens (primary N) is 1. The van der Waals surface area contributed by atoms with Crippen molar-refractivity contribution in [3.8, 4) is 0 Å². The monoisotopic (exact) mass is 255 g/mol. The molecule has 1 unspecified atom stereocenters. The summed E-state index contributed by atoms with van der Waals surface area (Å²) in [7, 11) is 0. The van der Waals surface area contributed by atoms with Crippen LogP contribution in [0.15, 0.2) is 12.3 Å². The lowest BCUT2D eigenvalue weighted by Gasteiger charge is -2.19. The van der Waals surface area contributed by atoms with Crippen LogP contribution >= 0.6 is 11.6 Å². The molecular weight excluding hydrogens is 238 g/mol. The van der Waals surface area contributed by atoms with Gasteiger partial charge >= 0.3 is 0 Å². The topological polar surface area (TPSA) is 68.0 Å². The van der Waals surface area contributed by atoms with Crippen molar-refractivity contribution in [3.05, 3.63) is 23.0 Å². The lowest BCUT2D eigenvalue weighted by atomic mass is 9.95. The van der Waals surface area contributed by atoms with E-state index in [4.69, 9.17) is 17.3 Å². The first-order valence-electron chi connectivity index (χ1n) is 5.59. The maximum absolute atomic E-state index is 12.0. The molecule has 0 aliphatic heterocycles. The van der Waals surface area contributed by atoms with E-state index in [1.807, 2.05) is 20.8 Å². The highest BCUT2D eigenvalue weighted by Crippen LogP contribution is 2.24. The Balaban J connectivity index is 2.87. The zero-order chi connectivity index (χ0) is 13.0. The van der Waals surface area contributed by atoms with Gasteiger partial charge in [0.25, 0.3) is 0 Å². The van der Waals surface area contributed by atoms with Crippen molar-refractivity contribution in [2.24, 2.45) is 17.6 Å². The highest BCUT2D eigenvalue weighted by atomic mass is 35.5. The molecule has 17 heavy (non-hydrogen) atoms. The zero-order valence-electron chi connectivity index (χ0n) is 10.3. The number of nitrogens with one attached hydrogen (secondary N) is 1. The van der Waals surface area contributed by atoms with Crippen LogP contribution in [0.3, 0.4) is 0 Å². The number of amides is 1. The van der Waals surface area contributed by atoms with Gasteiger partial charge in [-0.3, -0.25) is 4.79 Å². The minimum absolute atomic E-state index is 0.111. The smallest absolute Gasteiger partial charge is 0.229 e. The number of carbonyl (C=O) groups excluding carboxylic acids is 1. The number of nitrogens with zero attached hydrogens (tertiary/aromatic N) is 1. The molecule has 0 saturated carbocycles. The fraction of sp³-hybridized carbons (Fsp3) is 0.500. The van der Waals surface area contributed by atoms with E-state index in [-0.39, 0.29) is 17.7 Å². The van der Waals surface area contributed by atoms with Crippen LogP contribution in [0.1, 0.15) is 19.4 Å². The lowest BCUT2D eigenvalue weighted by molar-refractivity contribution is -0.120. The summed E-state index contributed by atoms with van der Waals surface area (Å²) in [6.45, 7) is 6.13. The molecule has 5 heteroatoms. The van der Waals surface area contributed by atoms with Gasteiger partial charge in [0.2, 0.25) is 5.91 Å². The molecule has 0 fully saturated rings. The predicted molar refractivity (Wildman–Crippen MR) is 70.0 cm³/mol. The molecule has 1 rings (SSSR count). The third kappa shape index (κ3) is 3.41. The van der Waals surface area contributed by atoms with Crippen molar-refractivity contribution < 1.29 is 4.79 Å². The first-order valence-corrected chi connectivity index (χ1v) is 5.97. The van der Waals surface area contributed by atoms with Crippen LogP contribution in [0, 0.1) is 18.8 Å². The molecule has 0 aliphatic carbocycles. The molecule has 0 aromatic carbocycles. The van der Waals surface area contributed by atoms with E-state index >= 15 is 0 Å². The van der Waals surface area contributed by atoms with Gasteiger partial charge in [-0.2, -0.15) is 0 Å². The van der Waals surface area contributed by atoms with Crippen LogP contribution < -0.4 is 11.1 Å². The van der Waals surface area contributed by atoms with Crippen LogP contribution in [0.2, 0.25) is 5.15 Å². The second-order valence-corrected chi connectivity index (χ2v) is 4.73. The third-order valence-electron chi connectivity index (χ3n) is 2.76. The Morgan fingerprint density at radius 3 is 2.71 bits per heavy atom. The molecule has 0 saturated heterocycles. The number of aryl methyl sites for hydroxylation is 1. The molecule has 1 atom stereocenters. The number of hydrogen-bond acceptors (Lipinski definition) is 3. The van der Waals surface area contributed by atoms with Gasteiger partial charge in [0.05, 0.1) is 11.6 Å². The molecule has 0 aliphatic rings. The fourth-order valence-corrected chi connectivity index (χ4v) is 1.83. The number of pyridine rings is 1. The normalized spacial score (nSPS) is 12.6. The Labute approximate surface area is 107 Å². The molecule has 0 radical (unpaired) electrons. The van der Waals surface area contributed by atoms with Gasteiger partial charge in [0.1, 0.15) is 0 Å². The van der Waals surface area contributed by atoms with Gasteiger partial charge in [-0.15, -0.1) is 0 Å². The SMILES string of the molecule is Cc1ccnc(Cl)c1NC(=O)C(CN)C(C)C. The Bertz CT molecular complexity index is 386. The first kappa shape index (κ1) is 13.9. The number of hydrogen-bond donors (Lipinski definition) is 2. The molecular formula is C12H18ClN3O. The van der Waals surface area contributed by atoms with E-state index in [0.717, 1.165) is 5.56 Å². The lowest BCUT2D eigenvalue weighted by Crippen LogP contribution is -2.33. The summed E-state index contributed by atoms with van der Waals surface area (Å²) in [5, 5.41) is 3.10. The van der Waals surface area contributed by atoms with Gasteiger partial charge in [-0.1, -0.05) is 25.4 Å². The van der Waals surface area contributed by atoms with Crippen LogP contribution in [-0.4, -0.2) is 17.4 Å². The number of rotatable bonds is 4. The number of anilines is 1. The van der Waals surface area contributed by atoms with E-state index in [1.54, 1.807) is 12.3 Å². The molecule has 0 spiro atoms. The van der Waals surface area contributed by atoms with Gasteiger partial charge in [0, 0.05) is 12.7 Å². The van der Waals surface area contributed by atoms with Crippen molar-refractivity contribution in [2.45, 2.75) is 20.8 Å². The highest BCUT2D eigenvalue weighted by Gasteiger charge is 2.21. The van der Waals surface area contributed by atoms with E-state index in [1.165, 1.54) is 0 Å². The summed E-state index contributed by atoms with van der Waals surface area (Å²) in [4.78, 5) is 16.0. The standard InChI is InChI=1S/C12H18ClN3O/c1-7(2)9(6-14)12(17)16-10-8(3)4-5-15-11(10)13/h4-5,7,9H,6,14H2,1-3H3,(H,16,17). The zero-order valence-corrected chi connectivity index (χ0v) is 11.1. The number of aromatic nitrogens is 1. The summed E-state index contributed by atoms with van der Waals surface area (Å²) >= 11 is 5.94. The van der Waals surface area contributed by atoms with E-state index in [0.29, 0.717) is 17.4 Å². The van der Waals surface area contributed by atoms with Crippen LogP contribution in [0.25, 0.3) is 0 Å². The van der Waals surface area contributed by atoms with Gasteiger partial charge in [-0.25, -0.2) is 4.98 Å². The molecule has 1 amide bonds. The molecule has 94 valence electrons. The summed E-state index contributed by atoms with van der Waals surface area (Å²) in [5.74, 6) is -0.137. The Morgan fingerprint density at radius 1 is 1.59 bits per heavy atom. The average molecular weight is 256 g/mol. The van der Waals surface area contributed by atoms with Crippen molar-refractivity contribution >= 4 is 23.2 Å². The first-order chi connectivity index (χ1) is 7.97. The van der Waals surface area contributed by atoms with Crippen LogP contribution in [0.5, 0.6) is 0 Å². The van der Waals surface area contributed by atoms with E-state index < -0.39 is 0 Å². The Kier molecular flexibility index (Phi) is 4.90. The predicted octanol–water partition coefficient (Wildman–Crippen LogP) is 2.21. The maximum Gasteiger partial charge on any atom is 0.229 e. The summed E-state index contributed by atoms with van der Waals surface area (Å²) in [5.41, 5.74) is 7.05. The maximum atomic E-state index is 12.0. The second-order valence-electron chi connectivity index (χ2n) is 4.37. The Morgan fingerprint density at radius 2 is 2.24 bits per heavy atom. The van der Waals surface area contributed by atoms with E-state index in [9.17, 15) is 4.79 Å². The molecule has 0 bridgehead atoms. The largest absolute Gasteiger partial charge is 0.330 e. The minimum Gasteiger partial charge on any atom is -0.330 e. The van der Waals surface area contributed by atoms with Gasteiger partial charge in [-0.05, 0) is 24.5 Å². The van der Waals surface area contributed by atoms with Crippen molar-refractivity contribution in [2.75, 3.05) is 11.9 Å². The van der Waals surface area contributed by atoms with Gasteiger partial charge < -0.3 is 11.1 Å².